The van der Waals surface area contributed by atoms with Crippen LogP contribution in [-0.2, 0) is 4.79 Å². The van der Waals surface area contributed by atoms with E-state index >= 15 is 0 Å². The van der Waals surface area contributed by atoms with E-state index in [0.717, 1.165) is 11.8 Å². The Kier molecular flexibility index (Phi) is 4.21. The number of halogens is 2. The normalized spacial score (nSPS) is 17.5. The van der Waals surface area contributed by atoms with Crippen LogP contribution >= 0.6 is 11.6 Å². The molecule has 23 heavy (non-hydrogen) atoms. The summed E-state index contributed by atoms with van der Waals surface area (Å²) >= 11 is 6.15. The summed E-state index contributed by atoms with van der Waals surface area (Å²) in [4.78, 5) is 20.1. The van der Waals surface area contributed by atoms with Crippen molar-refractivity contribution in [3.05, 3.63) is 76.0 Å². The maximum Gasteiger partial charge on any atom is 0.150 e. The lowest BCUT2D eigenvalue weighted by Gasteiger charge is -2.25. The minimum Gasteiger partial charge on any atom is -0.343 e. The van der Waals surface area contributed by atoms with Gasteiger partial charge in [-0.25, -0.2) is 4.39 Å². The number of carbonyl (C=O) groups is 1. The van der Waals surface area contributed by atoms with Gasteiger partial charge in [-0.15, -0.1) is 0 Å². The fraction of sp³-hybridized carbons (Fsp3) is 0.118. The zero-order chi connectivity index (χ0) is 16.4. The second kappa shape index (κ2) is 6.30. The average molecular weight is 330 g/mol. The minimum absolute atomic E-state index is 0.238. The molecule has 1 aliphatic rings. The summed E-state index contributed by atoms with van der Waals surface area (Å²) in [5, 5.41) is 3.36. The Morgan fingerprint density at radius 3 is 2.65 bits per heavy atom. The predicted octanol–water partition coefficient (Wildman–Crippen LogP) is 3.44. The number of hydrogen-bond donors (Lipinski definition) is 1. The van der Waals surface area contributed by atoms with Gasteiger partial charge in [0.25, 0.3) is 0 Å². The van der Waals surface area contributed by atoms with E-state index in [-0.39, 0.29) is 5.02 Å². The van der Waals surface area contributed by atoms with E-state index in [1.165, 1.54) is 12.1 Å². The molecule has 1 unspecified atom stereocenters. The van der Waals surface area contributed by atoms with Crippen LogP contribution in [0.25, 0.3) is 0 Å². The van der Waals surface area contributed by atoms with Gasteiger partial charge in [0.15, 0.2) is 0 Å². The topological polar surface area (TPSA) is 54.4 Å². The molecule has 3 rings (SSSR count). The number of nitrogens with one attached hydrogen (secondary N) is 1. The Morgan fingerprint density at radius 2 is 2.00 bits per heavy atom. The molecule has 0 amide bonds. The zero-order valence-corrected chi connectivity index (χ0v) is 13.0. The third-order valence-corrected chi connectivity index (χ3v) is 3.96. The number of hydrogen-bond acceptors (Lipinski definition) is 4. The Hall–Kier alpha value is -2.53. The van der Waals surface area contributed by atoms with E-state index in [4.69, 9.17) is 11.6 Å². The van der Waals surface area contributed by atoms with Crippen molar-refractivity contribution >= 4 is 23.7 Å². The first-order valence-corrected chi connectivity index (χ1v) is 7.34. The van der Waals surface area contributed by atoms with Gasteiger partial charge in [-0.2, -0.15) is 0 Å². The van der Waals surface area contributed by atoms with Crippen LogP contribution in [0.5, 0.6) is 0 Å². The van der Waals surface area contributed by atoms with Crippen molar-refractivity contribution in [2.45, 2.75) is 13.0 Å². The van der Waals surface area contributed by atoms with E-state index in [1.807, 2.05) is 12.1 Å². The first-order valence-electron chi connectivity index (χ1n) is 6.96. The third-order valence-electron chi connectivity index (χ3n) is 3.63. The monoisotopic (exact) mass is 329 g/mol. The predicted molar refractivity (Wildman–Crippen MR) is 86.8 cm³/mol. The van der Waals surface area contributed by atoms with Crippen molar-refractivity contribution < 1.29 is 9.18 Å². The largest absolute Gasteiger partial charge is 0.343 e. The Bertz CT molecular complexity index is 818. The Balaban J connectivity index is 2.11. The van der Waals surface area contributed by atoms with Crippen LogP contribution in [0.3, 0.4) is 0 Å². The fourth-order valence-corrected chi connectivity index (χ4v) is 2.73. The molecule has 2 heterocycles. The summed E-state index contributed by atoms with van der Waals surface area (Å²) < 4.78 is 13.3. The Labute approximate surface area is 137 Å². The lowest BCUT2D eigenvalue weighted by atomic mass is 9.96. The van der Waals surface area contributed by atoms with E-state index < -0.39 is 11.9 Å². The van der Waals surface area contributed by atoms with Gasteiger partial charge in [0, 0.05) is 39.8 Å². The summed E-state index contributed by atoms with van der Waals surface area (Å²) in [6.07, 6.45) is 4.07. The van der Waals surface area contributed by atoms with Crippen LogP contribution < -0.4 is 5.32 Å². The van der Waals surface area contributed by atoms with Gasteiger partial charge in [-0.3, -0.25) is 14.8 Å². The van der Waals surface area contributed by atoms with E-state index in [9.17, 15) is 9.18 Å². The number of benzene rings is 1. The lowest BCUT2D eigenvalue weighted by Crippen LogP contribution is -2.30. The molecule has 4 nitrogen and oxygen atoms in total. The highest BCUT2D eigenvalue weighted by molar-refractivity contribution is 6.31. The van der Waals surface area contributed by atoms with Gasteiger partial charge in [-0.1, -0.05) is 17.7 Å². The van der Waals surface area contributed by atoms with Crippen LogP contribution in [0.2, 0.25) is 5.02 Å². The second-order valence-electron chi connectivity index (χ2n) is 5.11. The molecule has 6 heteroatoms. The number of pyridine rings is 1. The van der Waals surface area contributed by atoms with Gasteiger partial charge in [-0.05, 0) is 31.2 Å². The molecule has 116 valence electrons. The molecule has 1 atom stereocenters. The molecule has 1 aromatic heterocycles. The Morgan fingerprint density at radius 1 is 1.26 bits per heavy atom. The smallest absolute Gasteiger partial charge is 0.150 e. The van der Waals surface area contributed by atoms with Crippen molar-refractivity contribution in [1.82, 2.24) is 10.3 Å². The van der Waals surface area contributed by atoms with Crippen molar-refractivity contribution in [2.24, 2.45) is 4.99 Å². The summed E-state index contributed by atoms with van der Waals surface area (Å²) in [7, 11) is 0. The van der Waals surface area contributed by atoms with Crippen molar-refractivity contribution in [3.63, 3.8) is 0 Å². The third kappa shape index (κ3) is 3.00. The molecule has 0 aliphatic carbocycles. The van der Waals surface area contributed by atoms with Crippen LogP contribution in [-0.4, -0.2) is 17.1 Å². The molecular weight excluding hydrogens is 317 g/mol. The number of aromatic nitrogens is 1. The van der Waals surface area contributed by atoms with Crippen molar-refractivity contribution in [3.8, 4) is 0 Å². The van der Waals surface area contributed by atoms with E-state index in [1.54, 1.807) is 25.4 Å². The number of allylic oxidation sites excluding steroid dienone is 1. The summed E-state index contributed by atoms with van der Waals surface area (Å²) in [6.45, 7) is 1.80. The molecule has 0 saturated carbocycles. The molecule has 0 radical (unpaired) electrons. The van der Waals surface area contributed by atoms with Crippen molar-refractivity contribution in [1.29, 1.82) is 0 Å². The van der Waals surface area contributed by atoms with Gasteiger partial charge in [0.05, 0.1) is 0 Å². The minimum atomic E-state index is -0.579. The first-order chi connectivity index (χ1) is 11.1. The highest BCUT2D eigenvalue weighted by Gasteiger charge is 2.26. The number of carbonyl (C=O) groups excluding carboxylic acids is 1. The molecular formula is C17H13ClFN3O. The maximum absolute atomic E-state index is 13.3. The number of aldehydes is 1. The average Bonchev–Trinajstić information content (AvgIpc) is 2.55. The quantitative estimate of drug-likeness (QED) is 0.878. The zero-order valence-electron chi connectivity index (χ0n) is 12.3. The summed E-state index contributed by atoms with van der Waals surface area (Å²) in [5.41, 5.74) is 2.58. The number of rotatable bonds is 3. The maximum atomic E-state index is 13.3. The highest BCUT2D eigenvalue weighted by atomic mass is 35.5. The number of amidine groups is 1. The number of nitrogens with zero attached hydrogens (tertiary/aromatic N) is 2. The molecule has 0 bridgehead atoms. The molecule has 0 saturated heterocycles. The first kappa shape index (κ1) is 15.4. The lowest BCUT2D eigenvalue weighted by molar-refractivity contribution is -0.105. The van der Waals surface area contributed by atoms with Gasteiger partial charge >= 0.3 is 0 Å². The molecule has 0 fully saturated rings. The molecule has 2 aromatic rings. The summed E-state index contributed by atoms with van der Waals surface area (Å²) in [5.74, 6) is 0.181. The SMILES string of the molecule is CC1=C(C=O)C(c2ccc(F)cc2Cl)N=C(c2ccncc2)N1. The van der Waals surface area contributed by atoms with E-state index in [2.05, 4.69) is 15.3 Å². The van der Waals surface area contributed by atoms with Crippen molar-refractivity contribution in [2.75, 3.05) is 0 Å². The number of aliphatic imine (C=N–C) groups is 1. The van der Waals surface area contributed by atoms with Gasteiger partial charge < -0.3 is 5.32 Å². The van der Waals surface area contributed by atoms with Gasteiger partial charge in [0.1, 0.15) is 24.0 Å². The standard InChI is InChI=1S/C17H13ClFN3O/c1-10-14(9-23)16(13-3-2-12(19)8-15(13)18)22-17(21-10)11-4-6-20-7-5-11/h2-9,16H,1H3,(H,21,22). The van der Waals surface area contributed by atoms with Crippen LogP contribution in [0.15, 0.2) is 59.0 Å². The van der Waals surface area contributed by atoms with Crippen LogP contribution in [0.1, 0.15) is 24.1 Å². The van der Waals surface area contributed by atoms with Crippen LogP contribution in [0.4, 0.5) is 4.39 Å². The van der Waals surface area contributed by atoms with E-state index in [0.29, 0.717) is 22.7 Å². The molecule has 1 aliphatic heterocycles. The second-order valence-corrected chi connectivity index (χ2v) is 5.51. The molecule has 0 spiro atoms. The molecule has 1 aromatic carbocycles. The highest BCUT2D eigenvalue weighted by Crippen LogP contribution is 2.34. The van der Waals surface area contributed by atoms with Gasteiger partial charge in [0.2, 0.25) is 0 Å². The summed E-state index contributed by atoms with van der Waals surface area (Å²) in [6, 6.07) is 7.13. The molecule has 1 N–H and O–H groups in total. The van der Waals surface area contributed by atoms with Crippen LogP contribution in [0, 0.1) is 5.82 Å². The fourth-order valence-electron chi connectivity index (χ4n) is 2.46.